The molecule has 0 spiro atoms. The number of hydrogen-bond donors (Lipinski definition) is 0. The molecule has 0 aliphatic heterocycles. The number of benzene rings is 2. The Labute approximate surface area is 126 Å². The van der Waals surface area contributed by atoms with Crippen LogP contribution in [0.3, 0.4) is 0 Å². The van der Waals surface area contributed by atoms with Crippen molar-refractivity contribution >= 4 is 46.2 Å². The zero-order valence-corrected chi connectivity index (χ0v) is 12.2. The van der Waals surface area contributed by atoms with Crippen molar-refractivity contribution < 1.29 is 4.79 Å². The predicted molar refractivity (Wildman–Crippen MR) is 82.8 cm³/mol. The highest BCUT2D eigenvalue weighted by atomic mass is 35.5. The van der Waals surface area contributed by atoms with Crippen molar-refractivity contribution in [1.82, 2.24) is 0 Å². The van der Waals surface area contributed by atoms with Gasteiger partial charge in [-0.2, -0.15) is 0 Å². The molecule has 96 valence electrons. The average molecular weight is 309 g/mol. The average Bonchev–Trinajstić information content (AvgIpc) is 2.41. The number of carbonyl (C=O) groups excluding carboxylic acids is 1. The van der Waals surface area contributed by atoms with E-state index in [9.17, 15) is 4.79 Å². The lowest BCUT2D eigenvalue weighted by Crippen LogP contribution is -1.84. The van der Waals surface area contributed by atoms with E-state index in [1.165, 1.54) is 0 Å². The van der Waals surface area contributed by atoms with Gasteiger partial charge in [0.05, 0.1) is 0 Å². The summed E-state index contributed by atoms with van der Waals surface area (Å²) in [6.07, 6.45) is 3.31. The molecule has 0 atom stereocenters. The molecule has 0 fully saturated rings. The number of carbonyl (C=O) groups is 1. The van der Waals surface area contributed by atoms with Crippen LogP contribution < -0.4 is 0 Å². The first-order valence-electron chi connectivity index (χ1n) is 5.54. The third-order valence-electron chi connectivity index (χ3n) is 2.31. The first kappa shape index (κ1) is 14.2. The van der Waals surface area contributed by atoms with Gasteiger partial charge in [-0.05, 0) is 59.8 Å². The summed E-state index contributed by atoms with van der Waals surface area (Å²) in [5, 5.41) is 1.31. The molecule has 2 aromatic rings. The van der Waals surface area contributed by atoms with Gasteiger partial charge in [-0.1, -0.05) is 41.4 Å². The highest BCUT2D eigenvalue weighted by Crippen LogP contribution is 2.21. The lowest BCUT2D eigenvalue weighted by molar-refractivity contribution is -0.106. The molecular formula is C15H10Cl2OS. The van der Waals surface area contributed by atoms with E-state index in [0.717, 1.165) is 22.2 Å². The number of halogens is 2. The third kappa shape index (κ3) is 4.75. The van der Waals surface area contributed by atoms with Crippen molar-refractivity contribution in [3.8, 4) is 0 Å². The van der Waals surface area contributed by atoms with Crippen molar-refractivity contribution in [2.75, 3.05) is 0 Å². The van der Waals surface area contributed by atoms with Crippen LogP contribution in [0.2, 0.25) is 10.0 Å². The Balaban J connectivity index is 1.97. The Bertz CT molecular complexity index is 589. The first-order valence-corrected chi connectivity index (χ1v) is 7.12. The van der Waals surface area contributed by atoms with Crippen LogP contribution in [-0.4, -0.2) is 5.12 Å². The van der Waals surface area contributed by atoms with Gasteiger partial charge in [0.1, 0.15) is 0 Å². The van der Waals surface area contributed by atoms with Crippen LogP contribution in [0, 0.1) is 0 Å². The van der Waals surface area contributed by atoms with Crippen LogP contribution in [0.1, 0.15) is 5.56 Å². The minimum atomic E-state index is -0.0303. The van der Waals surface area contributed by atoms with Gasteiger partial charge in [-0.3, -0.25) is 4.79 Å². The summed E-state index contributed by atoms with van der Waals surface area (Å²) in [6.45, 7) is 0. The van der Waals surface area contributed by atoms with Crippen LogP contribution >= 0.6 is 35.0 Å². The minimum absolute atomic E-state index is 0.0303. The smallest absolute Gasteiger partial charge is 0.216 e. The first-order chi connectivity index (χ1) is 9.13. The van der Waals surface area contributed by atoms with Gasteiger partial charge >= 0.3 is 0 Å². The molecule has 0 saturated heterocycles. The van der Waals surface area contributed by atoms with Crippen molar-refractivity contribution in [3.05, 3.63) is 70.2 Å². The van der Waals surface area contributed by atoms with Gasteiger partial charge in [0.15, 0.2) is 0 Å². The molecule has 0 aliphatic carbocycles. The van der Waals surface area contributed by atoms with Crippen LogP contribution in [0.4, 0.5) is 0 Å². The molecule has 0 N–H and O–H groups in total. The monoisotopic (exact) mass is 308 g/mol. The Hall–Kier alpha value is -1.22. The topological polar surface area (TPSA) is 17.1 Å². The summed E-state index contributed by atoms with van der Waals surface area (Å²) in [5.41, 5.74) is 0.939. The Morgan fingerprint density at radius 3 is 2.00 bits per heavy atom. The highest BCUT2D eigenvalue weighted by Gasteiger charge is 2.00. The highest BCUT2D eigenvalue weighted by molar-refractivity contribution is 8.14. The third-order valence-corrected chi connectivity index (χ3v) is 3.66. The van der Waals surface area contributed by atoms with Crippen LogP contribution in [0.25, 0.3) is 6.08 Å². The molecule has 0 aromatic heterocycles. The second-order valence-electron chi connectivity index (χ2n) is 3.76. The number of rotatable bonds is 3. The van der Waals surface area contributed by atoms with Crippen molar-refractivity contribution in [2.24, 2.45) is 0 Å². The largest absolute Gasteiger partial charge is 0.282 e. The molecule has 0 unspecified atom stereocenters. The Morgan fingerprint density at radius 1 is 0.895 bits per heavy atom. The van der Waals surface area contributed by atoms with Gasteiger partial charge in [-0.25, -0.2) is 0 Å². The summed E-state index contributed by atoms with van der Waals surface area (Å²) in [6, 6.07) is 14.5. The molecule has 0 amide bonds. The molecule has 2 aromatic carbocycles. The van der Waals surface area contributed by atoms with E-state index in [1.54, 1.807) is 36.4 Å². The fraction of sp³-hybridized carbons (Fsp3) is 0. The van der Waals surface area contributed by atoms with Crippen LogP contribution in [0.15, 0.2) is 59.5 Å². The summed E-state index contributed by atoms with van der Waals surface area (Å²) in [7, 11) is 0. The standard InChI is InChI=1S/C15H10Cl2OS/c16-12-4-1-11(2-5-12)3-10-15(18)19-14-8-6-13(17)7-9-14/h1-10H/b10-3-. The van der Waals surface area contributed by atoms with E-state index in [0.29, 0.717) is 10.0 Å². The SMILES string of the molecule is O=C(/C=C\c1ccc(Cl)cc1)Sc1ccc(Cl)cc1. The molecule has 4 heteroatoms. The maximum Gasteiger partial charge on any atom is 0.216 e. The summed E-state index contributed by atoms with van der Waals surface area (Å²) >= 11 is 12.7. The van der Waals surface area contributed by atoms with Gasteiger partial charge in [-0.15, -0.1) is 0 Å². The second-order valence-corrected chi connectivity index (χ2v) is 5.71. The van der Waals surface area contributed by atoms with E-state index >= 15 is 0 Å². The zero-order chi connectivity index (χ0) is 13.7. The lowest BCUT2D eigenvalue weighted by Gasteiger charge is -1.97. The van der Waals surface area contributed by atoms with Crippen molar-refractivity contribution in [2.45, 2.75) is 4.90 Å². The lowest BCUT2D eigenvalue weighted by atomic mass is 10.2. The molecule has 0 bridgehead atoms. The second kappa shape index (κ2) is 6.80. The summed E-state index contributed by atoms with van der Waals surface area (Å²) in [5.74, 6) is 0. The molecule has 0 heterocycles. The summed E-state index contributed by atoms with van der Waals surface area (Å²) < 4.78 is 0. The predicted octanol–water partition coefficient (Wildman–Crippen LogP) is 5.33. The van der Waals surface area contributed by atoms with Gasteiger partial charge < -0.3 is 0 Å². The maximum atomic E-state index is 11.8. The molecule has 19 heavy (non-hydrogen) atoms. The number of thioether (sulfide) groups is 1. The van der Waals surface area contributed by atoms with Crippen molar-refractivity contribution in [1.29, 1.82) is 0 Å². The molecule has 0 saturated carbocycles. The van der Waals surface area contributed by atoms with E-state index in [-0.39, 0.29) is 5.12 Å². The fourth-order valence-corrected chi connectivity index (χ4v) is 2.28. The Morgan fingerprint density at radius 2 is 1.42 bits per heavy atom. The molecule has 1 nitrogen and oxygen atoms in total. The fourth-order valence-electron chi connectivity index (χ4n) is 1.39. The van der Waals surface area contributed by atoms with Crippen LogP contribution in [-0.2, 0) is 4.79 Å². The normalized spacial score (nSPS) is 10.8. The van der Waals surface area contributed by atoms with Gasteiger partial charge in [0.2, 0.25) is 5.12 Å². The van der Waals surface area contributed by atoms with E-state index in [4.69, 9.17) is 23.2 Å². The van der Waals surface area contributed by atoms with Gasteiger partial charge in [0, 0.05) is 14.9 Å². The summed E-state index contributed by atoms with van der Waals surface area (Å²) in [4.78, 5) is 12.6. The molecular weight excluding hydrogens is 299 g/mol. The van der Waals surface area contributed by atoms with E-state index in [2.05, 4.69) is 0 Å². The zero-order valence-electron chi connectivity index (χ0n) is 9.85. The molecule has 0 radical (unpaired) electrons. The van der Waals surface area contributed by atoms with Crippen LogP contribution in [0.5, 0.6) is 0 Å². The number of hydrogen-bond acceptors (Lipinski definition) is 2. The quantitative estimate of drug-likeness (QED) is 0.563. The van der Waals surface area contributed by atoms with E-state index in [1.807, 2.05) is 24.3 Å². The maximum absolute atomic E-state index is 11.8. The minimum Gasteiger partial charge on any atom is -0.282 e. The molecule has 0 aliphatic rings. The van der Waals surface area contributed by atoms with E-state index < -0.39 is 0 Å². The van der Waals surface area contributed by atoms with Gasteiger partial charge in [0.25, 0.3) is 0 Å². The Kier molecular flexibility index (Phi) is 5.08. The molecule has 2 rings (SSSR count). The van der Waals surface area contributed by atoms with Crippen molar-refractivity contribution in [3.63, 3.8) is 0 Å².